The third kappa shape index (κ3) is 7.21. The predicted molar refractivity (Wildman–Crippen MR) is 126 cm³/mol. The Morgan fingerprint density at radius 1 is 0.825 bits per heavy atom. The molecule has 0 saturated carbocycles. The van der Waals surface area contributed by atoms with Gasteiger partial charge in [-0.3, -0.25) is 5.32 Å². The Morgan fingerprint density at radius 3 is 2.10 bits per heavy atom. The number of nitrogens with zero attached hydrogens (tertiary/aromatic N) is 3. The molecule has 4 rings (SSSR count). The van der Waals surface area contributed by atoms with E-state index in [1.165, 1.54) is 12.1 Å². The van der Waals surface area contributed by atoms with E-state index in [4.69, 9.17) is 0 Å². The van der Waals surface area contributed by atoms with E-state index in [1.807, 2.05) is 0 Å². The van der Waals surface area contributed by atoms with E-state index in [0.717, 1.165) is 42.6 Å². The normalized spacial score (nSPS) is 15.8. The Hall–Kier alpha value is -4.76. The highest BCUT2D eigenvalue weighted by Gasteiger charge is 2.34. The Morgan fingerprint density at radius 2 is 1.48 bits per heavy atom. The zero-order valence-electron chi connectivity index (χ0n) is 19.6. The second kappa shape index (κ2) is 11.2. The van der Waals surface area contributed by atoms with Crippen LogP contribution >= 0.6 is 0 Å². The van der Waals surface area contributed by atoms with Crippen molar-refractivity contribution in [2.45, 2.75) is 18.7 Å². The fourth-order valence-corrected chi connectivity index (χ4v) is 3.34. The first-order valence-corrected chi connectivity index (χ1v) is 10.9. The molecule has 0 fully saturated rings. The molecule has 0 aromatic heterocycles. The number of nitrogens with one attached hydrogen (secondary N) is 3. The zero-order valence-corrected chi connectivity index (χ0v) is 19.6. The molecule has 210 valence electrons. The Balaban J connectivity index is 1.57. The molecule has 3 aromatic rings. The lowest BCUT2D eigenvalue weighted by molar-refractivity contribution is -0.274. The fraction of sp³-hybridized carbons (Fsp3) is 0.125. The first-order valence-electron chi connectivity index (χ1n) is 10.9. The summed E-state index contributed by atoms with van der Waals surface area (Å²) in [5.41, 5.74) is 0.319. The number of hydrazone groups is 1. The van der Waals surface area contributed by atoms with Crippen LogP contribution in [-0.4, -0.2) is 24.5 Å². The number of alkyl halides is 6. The van der Waals surface area contributed by atoms with Gasteiger partial charge in [0, 0.05) is 5.69 Å². The van der Waals surface area contributed by atoms with Crippen molar-refractivity contribution in [1.29, 1.82) is 0 Å². The smallest absolute Gasteiger partial charge is 0.406 e. The van der Waals surface area contributed by atoms with Gasteiger partial charge >= 0.3 is 12.5 Å². The third-order valence-corrected chi connectivity index (χ3v) is 5.03. The number of rotatable bonds is 5. The van der Waals surface area contributed by atoms with Crippen molar-refractivity contribution in [2.24, 2.45) is 15.1 Å². The minimum atomic E-state index is -5.00. The van der Waals surface area contributed by atoms with E-state index in [2.05, 4.69) is 35.9 Å². The highest BCUT2D eigenvalue weighted by Crippen LogP contribution is 2.33. The molecule has 3 N–H and O–H groups in total. The largest absolute Gasteiger partial charge is 0.573 e. The van der Waals surface area contributed by atoms with Gasteiger partial charge in [0.05, 0.1) is 17.3 Å². The van der Waals surface area contributed by atoms with Gasteiger partial charge < -0.3 is 10.1 Å². The van der Waals surface area contributed by atoms with Crippen LogP contribution in [0, 0.1) is 17.5 Å². The number of hydrogen-bond acceptors (Lipinski definition) is 7. The molecule has 0 saturated heterocycles. The molecular weight excluding hydrogens is 559 g/mol. The number of ether oxygens (including phenoxy) is 1. The molecule has 0 aliphatic carbocycles. The Labute approximate surface area is 219 Å². The standard InChI is InChI=1S/C24H15F9N6O/c25-16-9-6-13(10-15(16)23(28,29)30)35-21-36-20(19-17(26)2-1-3-18(19)27)37-22(38-21)39-34-11-12-4-7-14(8-5-12)40-24(31,32)33/h1-11,20H,(H3,35,36,37,38,39)/b34-11+. The Kier molecular flexibility index (Phi) is 7.88. The lowest BCUT2D eigenvalue weighted by Crippen LogP contribution is -2.45. The summed E-state index contributed by atoms with van der Waals surface area (Å²) in [5, 5.41) is 8.85. The third-order valence-electron chi connectivity index (χ3n) is 5.03. The van der Waals surface area contributed by atoms with Crippen LogP contribution < -0.4 is 20.8 Å². The van der Waals surface area contributed by atoms with Crippen LogP contribution in [0.25, 0.3) is 0 Å². The van der Waals surface area contributed by atoms with Crippen molar-refractivity contribution in [2.75, 3.05) is 5.32 Å². The minimum Gasteiger partial charge on any atom is -0.406 e. The van der Waals surface area contributed by atoms with Crippen LogP contribution in [0.1, 0.15) is 22.9 Å². The average molecular weight is 574 g/mol. The van der Waals surface area contributed by atoms with Crippen LogP contribution in [0.5, 0.6) is 5.75 Å². The monoisotopic (exact) mass is 574 g/mol. The van der Waals surface area contributed by atoms with Crippen molar-refractivity contribution in [3.05, 3.63) is 94.8 Å². The van der Waals surface area contributed by atoms with Gasteiger partial charge in [0.1, 0.15) is 23.2 Å². The summed E-state index contributed by atoms with van der Waals surface area (Å²) in [5.74, 6) is -4.59. The van der Waals surface area contributed by atoms with E-state index in [-0.39, 0.29) is 17.6 Å². The summed E-state index contributed by atoms with van der Waals surface area (Å²) in [6, 6.07) is 9.61. The molecule has 1 aliphatic rings. The van der Waals surface area contributed by atoms with Gasteiger partial charge in [0.2, 0.25) is 11.9 Å². The molecule has 0 amide bonds. The van der Waals surface area contributed by atoms with Crippen molar-refractivity contribution < 1.29 is 44.3 Å². The molecule has 1 aliphatic heterocycles. The van der Waals surface area contributed by atoms with Crippen molar-refractivity contribution in [3.8, 4) is 5.75 Å². The lowest BCUT2D eigenvalue weighted by Gasteiger charge is -2.22. The van der Waals surface area contributed by atoms with Crippen LogP contribution in [0.3, 0.4) is 0 Å². The van der Waals surface area contributed by atoms with Crippen LogP contribution in [0.4, 0.5) is 45.2 Å². The number of anilines is 1. The van der Waals surface area contributed by atoms with E-state index in [0.29, 0.717) is 17.7 Å². The first kappa shape index (κ1) is 28.3. The van der Waals surface area contributed by atoms with Gasteiger partial charge in [-0.05, 0) is 60.2 Å². The molecule has 1 atom stereocenters. The Bertz CT molecular complexity index is 1450. The highest BCUT2D eigenvalue weighted by molar-refractivity contribution is 6.06. The van der Waals surface area contributed by atoms with E-state index in [1.54, 1.807) is 0 Å². The van der Waals surface area contributed by atoms with Crippen LogP contribution in [-0.2, 0) is 6.18 Å². The van der Waals surface area contributed by atoms with Gasteiger partial charge in [-0.25, -0.2) is 28.6 Å². The quantitative estimate of drug-likeness (QED) is 0.196. The second-order valence-electron chi connectivity index (χ2n) is 7.89. The molecule has 7 nitrogen and oxygen atoms in total. The SMILES string of the molecule is Fc1ccc(NC2=NC(c3c(F)cccc3F)N=C(N/N=C/c3ccc(OC(F)(F)F)cc3)N2)cc1C(F)(F)F. The lowest BCUT2D eigenvalue weighted by atomic mass is 10.1. The van der Waals surface area contributed by atoms with Crippen molar-refractivity contribution >= 4 is 23.8 Å². The summed E-state index contributed by atoms with van der Waals surface area (Å²) in [6.07, 6.45) is -10.3. The minimum absolute atomic E-state index is 0.265. The van der Waals surface area contributed by atoms with Crippen molar-refractivity contribution in [3.63, 3.8) is 0 Å². The second-order valence-corrected chi connectivity index (χ2v) is 7.89. The maximum atomic E-state index is 14.4. The highest BCUT2D eigenvalue weighted by atomic mass is 19.4. The topological polar surface area (TPSA) is 82.4 Å². The number of guanidine groups is 2. The summed E-state index contributed by atoms with van der Waals surface area (Å²) >= 11 is 0. The van der Waals surface area contributed by atoms with Gasteiger partial charge in [-0.2, -0.15) is 18.3 Å². The molecule has 0 bridgehead atoms. The molecule has 1 heterocycles. The maximum Gasteiger partial charge on any atom is 0.573 e. The van der Waals surface area contributed by atoms with Gasteiger partial charge in [0.15, 0.2) is 6.17 Å². The number of halogens is 9. The average Bonchev–Trinajstić information content (AvgIpc) is 2.85. The molecule has 0 spiro atoms. The zero-order chi connectivity index (χ0) is 29.1. The van der Waals surface area contributed by atoms with Crippen molar-refractivity contribution in [1.82, 2.24) is 10.7 Å². The summed E-state index contributed by atoms with van der Waals surface area (Å²) in [6.45, 7) is 0. The molecular formula is C24H15F9N6O. The van der Waals surface area contributed by atoms with Gasteiger partial charge in [-0.15, -0.1) is 13.2 Å². The van der Waals surface area contributed by atoms with Crippen LogP contribution in [0.15, 0.2) is 75.7 Å². The van der Waals surface area contributed by atoms with E-state index in [9.17, 15) is 39.5 Å². The molecule has 3 aromatic carbocycles. The van der Waals surface area contributed by atoms with Gasteiger partial charge in [-0.1, -0.05) is 6.07 Å². The molecule has 16 heteroatoms. The summed E-state index contributed by atoms with van der Waals surface area (Å²) in [4.78, 5) is 8.00. The first-order chi connectivity index (χ1) is 18.8. The fourth-order valence-electron chi connectivity index (χ4n) is 3.34. The summed E-state index contributed by atoms with van der Waals surface area (Å²) < 4.78 is 123. The maximum absolute atomic E-state index is 14.4. The summed E-state index contributed by atoms with van der Waals surface area (Å²) in [7, 11) is 0. The van der Waals surface area contributed by atoms with E-state index >= 15 is 0 Å². The van der Waals surface area contributed by atoms with E-state index < -0.39 is 53.0 Å². The molecule has 0 radical (unpaired) electrons. The van der Waals surface area contributed by atoms with Gasteiger partial charge in [0.25, 0.3) is 0 Å². The predicted octanol–water partition coefficient (Wildman–Crippen LogP) is 6.07. The van der Waals surface area contributed by atoms with Crippen LogP contribution in [0.2, 0.25) is 0 Å². The molecule has 40 heavy (non-hydrogen) atoms. The number of aliphatic imine (C=N–C) groups is 2. The number of benzene rings is 3. The molecule has 1 unspecified atom stereocenters. The number of hydrogen-bond donors (Lipinski definition) is 3.